The van der Waals surface area contributed by atoms with Crippen molar-refractivity contribution < 1.29 is 4.68 Å². The number of unbranched alkanes of at least 4 members (excludes halogenated alkanes) is 16. The minimum Gasteiger partial charge on any atom is -0.448 e. The first-order valence-corrected chi connectivity index (χ1v) is 22.6. The molecular formula is C50H80N2. The first-order chi connectivity index (χ1) is 25.5. The fourth-order valence-electron chi connectivity index (χ4n) is 8.09. The molecule has 0 fully saturated rings. The summed E-state index contributed by atoms with van der Waals surface area (Å²) >= 11 is 0. The van der Waals surface area contributed by atoms with Crippen molar-refractivity contribution in [3.63, 3.8) is 0 Å². The molecule has 0 aromatic heterocycles. The van der Waals surface area contributed by atoms with Crippen molar-refractivity contribution in [2.75, 3.05) is 0 Å². The molecule has 2 heteroatoms. The van der Waals surface area contributed by atoms with E-state index < -0.39 is 0 Å². The van der Waals surface area contributed by atoms with Crippen LogP contribution in [0.25, 0.3) is 11.5 Å². The van der Waals surface area contributed by atoms with E-state index in [1.165, 1.54) is 173 Å². The van der Waals surface area contributed by atoms with Crippen LogP contribution in [0.1, 0.15) is 223 Å². The van der Waals surface area contributed by atoms with Crippen LogP contribution in [-0.4, -0.2) is 10.4 Å². The lowest BCUT2D eigenvalue weighted by Gasteiger charge is -2.14. The van der Waals surface area contributed by atoms with Gasteiger partial charge < -0.3 is 5.84 Å². The van der Waals surface area contributed by atoms with Crippen molar-refractivity contribution in [3.05, 3.63) is 92.8 Å². The van der Waals surface area contributed by atoms with Crippen LogP contribution in [0.4, 0.5) is 0 Å². The van der Waals surface area contributed by atoms with Gasteiger partial charge in [0.15, 0.2) is 0 Å². The highest BCUT2D eigenvalue weighted by atomic mass is 15.3. The topological polar surface area (TPSA) is 26.8 Å². The maximum Gasteiger partial charge on any atom is 0.215 e. The van der Waals surface area contributed by atoms with E-state index in [0.717, 1.165) is 56.4 Å². The van der Waals surface area contributed by atoms with Crippen LogP contribution in [0.3, 0.4) is 0 Å². The Morgan fingerprint density at radius 3 is 1.21 bits per heavy atom. The van der Waals surface area contributed by atoms with E-state index >= 15 is 0 Å². The fourth-order valence-corrected chi connectivity index (χ4v) is 8.09. The van der Waals surface area contributed by atoms with Gasteiger partial charge in [0, 0.05) is 16.7 Å². The van der Waals surface area contributed by atoms with E-state index in [9.17, 15) is 5.84 Å². The van der Waals surface area contributed by atoms with E-state index in [0.29, 0.717) is 0 Å². The SMILES string of the molecule is CCCCCC=C1C(CCCC)=C(c2cc(CCCCCC)cc(CCCCCC)c2)[N+]([NH-])=C1c1cc(CCCCCC)cc(CCCCCC)c1. The average molecular weight is 709 g/mol. The molecule has 0 bridgehead atoms. The molecule has 2 aromatic rings. The number of nitrogens with one attached hydrogen (secondary N) is 1. The molecule has 1 aliphatic heterocycles. The normalized spacial score (nSPS) is 14.1. The summed E-state index contributed by atoms with van der Waals surface area (Å²) in [4.78, 5) is 0. The van der Waals surface area contributed by atoms with Crippen LogP contribution < -0.4 is 0 Å². The molecule has 0 saturated heterocycles. The highest BCUT2D eigenvalue weighted by molar-refractivity contribution is 6.16. The molecule has 1 heterocycles. The summed E-state index contributed by atoms with van der Waals surface area (Å²) in [5.74, 6) is 10.1. The summed E-state index contributed by atoms with van der Waals surface area (Å²) in [6, 6.07) is 14.9. The van der Waals surface area contributed by atoms with E-state index in [4.69, 9.17) is 0 Å². The van der Waals surface area contributed by atoms with E-state index in [1.54, 1.807) is 0 Å². The van der Waals surface area contributed by atoms with Crippen molar-refractivity contribution in [1.29, 1.82) is 0 Å². The first kappa shape index (κ1) is 43.8. The molecular weight excluding hydrogens is 629 g/mol. The third-order valence-corrected chi connectivity index (χ3v) is 11.2. The summed E-state index contributed by atoms with van der Waals surface area (Å²) in [6.07, 6.45) is 35.9. The van der Waals surface area contributed by atoms with Crippen molar-refractivity contribution in [2.45, 2.75) is 215 Å². The van der Waals surface area contributed by atoms with Gasteiger partial charge in [-0.3, -0.25) is 0 Å². The van der Waals surface area contributed by atoms with Crippen molar-refractivity contribution >= 4 is 11.4 Å². The van der Waals surface area contributed by atoms with Crippen molar-refractivity contribution in [1.82, 2.24) is 0 Å². The number of hydrogen-bond acceptors (Lipinski definition) is 0. The first-order valence-electron chi connectivity index (χ1n) is 22.6. The lowest BCUT2D eigenvalue weighted by atomic mass is 9.88. The Hall–Kier alpha value is -2.61. The summed E-state index contributed by atoms with van der Waals surface area (Å²) in [6.45, 7) is 13.9. The minimum absolute atomic E-state index is 1.04. The molecule has 0 radical (unpaired) electrons. The lowest BCUT2D eigenvalue weighted by Crippen LogP contribution is -2.13. The van der Waals surface area contributed by atoms with Gasteiger partial charge in [0.25, 0.3) is 0 Å². The maximum absolute atomic E-state index is 10.1. The van der Waals surface area contributed by atoms with Gasteiger partial charge in [0.05, 0.1) is 5.57 Å². The maximum atomic E-state index is 10.1. The van der Waals surface area contributed by atoms with Crippen molar-refractivity contribution in [2.24, 2.45) is 0 Å². The molecule has 0 spiro atoms. The van der Waals surface area contributed by atoms with Gasteiger partial charge in [-0.05, 0) is 124 Å². The van der Waals surface area contributed by atoms with Gasteiger partial charge in [-0.25, -0.2) is 4.68 Å². The minimum atomic E-state index is 1.04. The number of allylic oxidation sites excluding steroid dienone is 3. The molecule has 0 saturated carbocycles. The van der Waals surface area contributed by atoms with Crippen LogP contribution in [0.15, 0.2) is 53.6 Å². The molecule has 1 N–H and O–H groups in total. The number of benzene rings is 2. The van der Waals surface area contributed by atoms with Gasteiger partial charge in [0.2, 0.25) is 11.4 Å². The van der Waals surface area contributed by atoms with E-state index in [-0.39, 0.29) is 0 Å². The van der Waals surface area contributed by atoms with Gasteiger partial charge in [-0.15, -0.1) is 0 Å². The number of hydrogen-bond donors (Lipinski definition) is 0. The molecule has 1 aliphatic rings. The number of nitrogens with zero attached hydrogens (tertiary/aromatic N) is 1. The smallest absolute Gasteiger partial charge is 0.215 e. The lowest BCUT2D eigenvalue weighted by molar-refractivity contribution is -0.347. The number of rotatable bonds is 29. The standard InChI is InChI=1S/C50H80N2/c1-7-13-19-24-29-41-35-42(30-25-20-14-8-2)38-45(37-41)49-47(33-18-12-6)48(34-28-23-17-11-5)50(52(49)51)46-39-43(31-26-21-15-9-3)36-44(40-46)32-27-22-16-10-4/h34-40,51H,7-33H2,1-6H3. The molecule has 2 aromatic carbocycles. The van der Waals surface area contributed by atoms with E-state index in [2.05, 4.69) is 84.0 Å². The average Bonchev–Trinajstić information content (AvgIpc) is 3.43. The summed E-state index contributed by atoms with van der Waals surface area (Å²) in [5, 5.41) is 0. The monoisotopic (exact) mass is 709 g/mol. The number of aryl methyl sites for hydroxylation is 4. The molecule has 0 unspecified atom stereocenters. The fraction of sp³-hybridized carbons (Fsp3) is 0.660. The van der Waals surface area contributed by atoms with Gasteiger partial charge >= 0.3 is 0 Å². The highest BCUT2D eigenvalue weighted by Gasteiger charge is 2.35. The van der Waals surface area contributed by atoms with E-state index in [1.807, 2.05) is 4.68 Å². The summed E-state index contributed by atoms with van der Waals surface area (Å²) in [7, 11) is 0. The Balaban J connectivity index is 2.21. The van der Waals surface area contributed by atoms with Crippen LogP contribution >= 0.6 is 0 Å². The molecule has 2 nitrogen and oxygen atoms in total. The summed E-state index contributed by atoms with van der Waals surface area (Å²) < 4.78 is 1.91. The quantitative estimate of drug-likeness (QED) is 0.0594. The summed E-state index contributed by atoms with van der Waals surface area (Å²) in [5.41, 5.74) is 13.5. The van der Waals surface area contributed by atoms with Gasteiger partial charge in [-0.2, -0.15) is 0 Å². The zero-order valence-corrected chi connectivity index (χ0v) is 35.1. The third kappa shape index (κ3) is 14.7. The Labute approximate surface area is 322 Å². The zero-order valence-electron chi connectivity index (χ0n) is 35.1. The third-order valence-electron chi connectivity index (χ3n) is 11.2. The zero-order chi connectivity index (χ0) is 37.4. The molecule has 0 amide bonds. The molecule has 0 aliphatic carbocycles. The van der Waals surface area contributed by atoms with Crippen LogP contribution in [0, 0.1) is 0 Å². The predicted octanol–water partition coefficient (Wildman–Crippen LogP) is 16.1. The van der Waals surface area contributed by atoms with Crippen LogP contribution in [0.2, 0.25) is 0 Å². The molecule has 52 heavy (non-hydrogen) atoms. The second-order valence-corrected chi connectivity index (χ2v) is 16.0. The Kier molecular flexibility index (Phi) is 22.1. The Bertz CT molecular complexity index is 1330. The van der Waals surface area contributed by atoms with Crippen molar-refractivity contribution in [3.8, 4) is 0 Å². The van der Waals surface area contributed by atoms with Gasteiger partial charge in [0.1, 0.15) is 0 Å². The van der Waals surface area contributed by atoms with Crippen LogP contribution in [-0.2, 0) is 25.7 Å². The molecule has 3 rings (SSSR count). The second kappa shape index (κ2) is 26.2. The van der Waals surface area contributed by atoms with Gasteiger partial charge in [-0.1, -0.05) is 156 Å². The predicted molar refractivity (Wildman–Crippen MR) is 232 cm³/mol. The largest absolute Gasteiger partial charge is 0.448 e. The Morgan fingerprint density at radius 1 is 0.423 bits per heavy atom. The Morgan fingerprint density at radius 2 is 0.808 bits per heavy atom. The molecule has 290 valence electrons. The second-order valence-electron chi connectivity index (χ2n) is 16.0. The highest BCUT2D eigenvalue weighted by Crippen LogP contribution is 2.39. The van der Waals surface area contributed by atoms with Crippen LogP contribution in [0.5, 0.6) is 0 Å². The molecule has 0 atom stereocenters.